The monoisotopic (exact) mass is 348 g/mol. The highest BCUT2D eigenvalue weighted by atomic mass is 35.5. The molecule has 0 spiro atoms. The third kappa shape index (κ3) is 4.97. The lowest BCUT2D eigenvalue weighted by Gasteiger charge is -2.30. The molecule has 2 fully saturated rings. The molecule has 1 aromatic rings. The number of hydrogen-bond acceptors (Lipinski definition) is 2. The first-order valence-electron chi connectivity index (χ1n) is 9.54. The molecule has 1 atom stereocenters. The van der Waals surface area contributed by atoms with Gasteiger partial charge in [0, 0.05) is 17.1 Å². The van der Waals surface area contributed by atoms with Gasteiger partial charge in [-0.2, -0.15) is 0 Å². The molecule has 0 aromatic heterocycles. The van der Waals surface area contributed by atoms with E-state index in [1.54, 1.807) is 0 Å². The van der Waals surface area contributed by atoms with Gasteiger partial charge >= 0.3 is 0 Å². The summed E-state index contributed by atoms with van der Waals surface area (Å²) in [6.07, 6.45) is 12.2. The SMILES string of the molecule is O=C(NC1CCCCC1)C(NC1CCCCC1)c1ccc(Cl)cc1. The molecule has 1 amide bonds. The minimum Gasteiger partial charge on any atom is -0.352 e. The predicted octanol–water partition coefficient (Wildman–Crippen LogP) is 4.75. The average Bonchev–Trinajstić information content (AvgIpc) is 2.62. The summed E-state index contributed by atoms with van der Waals surface area (Å²) in [5.74, 6) is 0.120. The largest absolute Gasteiger partial charge is 0.352 e. The van der Waals surface area contributed by atoms with Crippen molar-refractivity contribution in [1.82, 2.24) is 10.6 Å². The molecule has 24 heavy (non-hydrogen) atoms. The van der Waals surface area contributed by atoms with Gasteiger partial charge in [-0.15, -0.1) is 0 Å². The fourth-order valence-electron chi connectivity index (χ4n) is 4.01. The quantitative estimate of drug-likeness (QED) is 0.806. The van der Waals surface area contributed by atoms with Crippen molar-refractivity contribution in [3.63, 3.8) is 0 Å². The highest BCUT2D eigenvalue weighted by Gasteiger charge is 2.27. The molecule has 1 aromatic carbocycles. The molecule has 1 unspecified atom stereocenters. The Balaban J connectivity index is 1.69. The Morgan fingerprint density at radius 3 is 2.00 bits per heavy atom. The molecule has 132 valence electrons. The van der Waals surface area contributed by atoms with Gasteiger partial charge in [0.15, 0.2) is 0 Å². The van der Waals surface area contributed by atoms with E-state index in [4.69, 9.17) is 11.6 Å². The minimum atomic E-state index is -0.271. The van der Waals surface area contributed by atoms with Crippen LogP contribution in [0.4, 0.5) is 0 Å². The fraction of sp³-hybridized carbons (Fsp3) is 0.650. The zero-order valence-corrected chi connectivity index (χ0v) is 15.2. The standard InChI is InChI=1S/C20H29ClN2O/c21-16-13-11-15(12-14-16)19(22-17-7-3-1-4-8-17)20(24)23-18-9-5-2-6-10-18/h11-14,17-19,22H,1-10H2,(H,23,24). The molecule has 0 heterocycles. The normalized spacial score (nSPS) is 21.4. The Hall–Kier alpha value is -1.06. The molecular weight excluding hydrogens is 320 g/mol. The van der Waals surface area contributed by atoms with Gasteiger partial charge < -0.3 is 5.32 Å². The number of benzene rings is 1. The number of carbonyl (C=O) groups is 1. The summed E-state index contributed by atoms with van der Waals surface area (Å²) in [6.45, 7) is 0. The van der Waals surface area contributed by atoms with Gasteiger partial charge in [0.05, 0.1) is 0 Å². The predicted molar refractivity (Wildman–Crippen MR) is 99.2 cm³/mol. The second-order valence-electron chi connectivity index (χ2n) is 7.33. The Labute approximate surface area is 150 Å². The fourth-order valence-corrected chi connectivity index (χ4v) is 4.14. The van der Waals surface area contributed by atoms with Crippen molar-refractivity contribution < 1.29 is 4.79 Å². The molecule has 2 N–H and O–H groups in total. The summed E-state index contributed by atoms with van der Waals surface area (Å²) < 4.78 is 0. The molecule has 2 aliphatic rings. The molecular formula is C20H29ClN2O. The van der Waals surface area contributed by atoms with E-state index in [9.17, 15) is 4.79 Å². The highest BCUT2D eigenvalue weighted by molar-refractivity contribution is 6.30. The molecule has 4 heteroatoms. The van der Waals surface area contributed by atoms with Crippen LogP contribution >= 0.6 is 11.6 Å². The lowest BCUT2D eigenvalue weighted by atomic mass is 9.93. The molecule has 0 saturated heterocycles. The summed E-state index contributed by atoms with van der Waals surface area (Å²) in [7, 11) is 0. The lowest BCUT2D eigenvalue weighted by molar-refractivity contribution is -0.124. The summed E-state index contributed by atoms with van der Waals surface area (Å²) in [6, 6.07) is 8.21. The van der Waals surface area contributed by atoms with Gasteiger partial charge in [-0.1, -0.05) is 62.3 Å². The summed E-state index contributed by atoms with van der Waals surface area (Å²) in [5, 5.41) is 7.62. The van der Waals surface area contributed by atoms with Crippen molar-refractivity contribution in [1.29, 1.82) is 0 Å². The van der Waals surface area contributed by atoms with Gasteiger partial charge in [0.25, 0.3) is 0 Å². The zero-order chi connectivity index (χ0) is 16.8. The number of hydrogen-bond donors (Lipinski definition) is 2. The molecule has 3 nitrogen and oxygen atoms in total. The maximum Gasteiger partial charge on any atom is 0.241 e. The minimum absolute atomic E-state index is 0.120. The molecule has 3 rings (SSSR count). The van der Waals surface area contributed by atoms with Crippen LogP contribution in [0.3, 0.4) is 0 Å². The van der Waals surface area contributed by atoms with Crippen LogP contribution < -0.4 is 10.6 Å². The number of rotatable bonds is 5. The Morgan fingerprint density at radius 2 is 1.42 bits per heavy atom. The van der Waals surface area contributed by atoms with Crippen molar-refractivity contribution in [2.45, 2.75) is 82.3 Å². The summed E-state index contributed by atoms with van der Waals surface area (Å²) in [5.41, 5.74) is 1.01. The van der Waals surface area contributed by atoms with Crippen LogP contribution in [-0.4, -0.2) is 18.0 Å². The molecule has 2 aliphatic carbocycles. The Bertz CT molecular complexity index is 519. The van der Waals surface area contributed by atoms with E-state index < -0.39 is 0 Å². The van der Waals surface area contributed by atoms with Gasteiger partial charge in [0.1, 0.15) is 6.04 Å². The smallest absolute Gasteiger partial charge is 0.241 e. The van der Waals surface area contributed by atoms with Crippen LogP contribution in [0.15, 0.2) is 24.3 Å². The second-order valence-corrected chi connectivity index (χ2v) is 7.77. The van der Waals surface area contributed by atoms with Crippen LogP contribution in [0.1, 0.15) is 75.8 Å². The van der Waals surface area contributed by atoms with E-state index in [2.05, 4.69) is 10.6 Å². The van der Waals surface area contributed by atoms with E-state index in [-0.39, 0.29) is 11.9 Å². The maximum atomic E-state index is 13.0. The first kappa shape index (κ1) is 17.8. The first-order chi connectivity index (χ1) is 11.7. The third-order valence-corrected chi connectivity index (χ3v) is 5.68. The van der Waals surface area contributed by atoms with Crippen LogP contribution in [0, 0.1) is 0 Å². The van der Waals surface area contributed by atoms with Gasteiger partial charge in [-0.25, -0.2) is 0 Å². The van der Waals surface area contributed by atoms with E-state index in [1.807, 2.05) is 24.3 Å². The lowest BCUT2D eigenvalue weighted by Crippen LogP contribution is -2.46. The third-order valence-electron chi connectivity index (χ3n) is 5.42. The molecule has 0 bridgehead atoms. The van der Waals surface area contributed by atoms with E-state index >= 15 is 0 Å². The Kier molecular flexibility index (Phi) is 6.56. The summed E-state index contributed by atoms with van der Waals surface area (Å²) in [4.78, 5) is 13.0. The maximum absolute atomic E-state index is 13.0. The van der Waals surface area contributed by atoms with Crippen molar-refractivity contribution in [3.8, 4) is 0 Å². The zero-order valence-electron chi connectivity index (χ0n) is 14.4. The number of carbonyl (C=O) groups excluding carboxylic acids is 1. The van der Waals surface area contributed by atoms with Crippen molar-refractivity contribution in [2.75, 3.05) is 0 Å². The molecule has 0 aliphatic heterocycles. The topological polar surface area (TPSA) is 41.1 Å². The molecule has 2 saturated carbocycles. The van der Waals surface area contributed by atoms with Crippen LogP contribution in [0.5, 0.6) is 0 Å². The number of halogens is 1. The average molecular weight is 349 g/mol. The molecule has 0 radical (unpaired) electrons. The second kappa shape index (κ2) is 8.87. The highest BCUT2D eigenvalue weighted by Crippen LogP contribution is 2.24. The number of nitrogens with one attached hydrogen (secondary N) is 2. The Morgan fingerprint density at radius 1 is 0.875 bits per heavy atom. The van der Waals surface area contributed by atoms with Crippen molar-refractivity contribution in [3.05, 3.63) is 34.9 Å². The summed E-state index contributed by atoms with van der Waals surface area (Å²) >= 11 is 6.02. The van der Waals surface area contributed by atoms with Crippen LogP contribution in [0.25, 0.3) is 0 Å². The van der Waals surface area contributed by atoms with Gasteiger partial charge in [0.2, 0.25) is 5.91 Å². The van der Waals surface area contributed by atoms with Gasteiger partial charge in [-0.3, -0.25) is 10.1 Å². The van der Waals surface area contributed by atoms with E-state index in [0.29, 0.717) is 17.1 Å². The first-order valence-corrected chi connectivity index (χ1v) is 9.92. The van der Waals surface area contributed by atoms with Crippen LogP contribution in [0.2, 0.25) is 5.02 Å². The van der Waals surface area contributed by atoms with Crippen molar-refractivity contribution in [2.24, 2.45) is 0 Å². The van der Waals surface area contributed by atoms with E-state index in [1.165, 1.54) is 51.4 Å². The van der Waals surface area contributed by atoms with Gasteiger partial charge in [-0.05, 0) is 43.4 Å². The number of amides is 1. The van der Waals surface area contributed by atoms with Crippen molar-refractivity contribution >= 4 is 17.5 Å². The van der Waals surface area contributed by atoms with E-state index in [0.717, 1.165) is 18.4 Å². The van der Waals surface area contributed by atoms with Crippen LogP contribution in [-0.2, 0) is 4.79 Å².